The molecular weight excluding hydrogens is 420 g/mol. The fourth-order valence-corrected chi connectivity index (χ4v) is 5.35. The normalized spacial score (nSPS) is 15.5. The lowest BCUT2D eigenvalue weighted by atomic mass is 9.91. The van der Waals surface area contributed by atoms with Gasteiger partial charge < -0.3 is 10.3 Å². The Morgan fingerprint density at radius 2 is 2.00 bits per heavy atom. The molecular formula is C23H31F2N3O2S. The molecule has 31 heavy (non-hydrogen) atoms. The highest BCUT2D eigenvalue weighted by atomic mass is 32.1. The maximum Gasteiger partial charge on any atom is 0.253 e. The Kier molecular flexibility index (Phi) is 8.00. The molecule has 1 aliphatic rings. The van der Waals surface area contributed by atoms with Gasteiger partial charge in [-0.05, 0) is 82.7 Å². The third-order valence-electron chi connectivity index (χ3n) is 6.19. The number of nitrogens with zero attached hydrogens (tertiary/aromatic N) is 1. The van der Waals surface area contributed by atoms with Gasteiger partial charge in [-0.1, -0.05) is 0 Å². The molecule has 5 nitrogen and oxygen atoms in total. The van der Waals surface area contributed by atoms with Crippen LogP contribution in [0, 0.1) is 26.7 Å². The highest BCUT2D eigenvalue weighted by Crippen LogP contribution is 2.28. The number of nitrogens with one attached hydrogen (secondary N) is 2. The number of carbonyl (C=O) groups is 1. The van der Waals surface area contributed by atoms with Crippen LogP contribution in [0.5, 0.6) is 0 Å². The molecule has 0 aromatic carbocycles. The van der Waals surface area contributed by atoms with Crippen molar-refractivity contribution in [3.8, 4) is 0 Å². The Hall–Kier alpha value is -2.06. The number of likely N-dealkylation sites (tertiary alicyclic amines) is 1. The molecule has 8 heteroatoms. The largest absolute Gasteiger partial charge is 0.348 e. The lowest BCUT2D eigenvalue weighted by Gasteiger charge is -2.31. The number of halogens is 2. The minimum atomic E-state index is -2.26. The van der Waals surface area contributed by atoms with Gasteiger partial charge in [-0.3, -0.25) is 14.5 Å². The van der Waals surface area contributed by atoms with Crippen LogP contribution in [0.2, 0.25) is 0 Å². The number of H-pyrrole nitrogens is 1. The van der Waals surface area contributed by atoms with Crippen LogP contribution in [0.4, 0.5) is 8.78 Å². The lowest BCUT2D eigenvalue weighted by molar-refractivity contribution is 0.0681. The number of alkyl halides is 2. The smallest absolute Gasteiger partial charge is 0.253 e. The van der Waals surface area contributed by atoms with Crippen LogP contribution in [0.15, 0.2) is 16.2 Å². The molecule has 170 valence electrons. The number of amides is 1. The standard InChI is InChI=1S/C23H31F2N3O2S/c1-14-10-15(2)27-23(30)18(14)11-26-22(29)19-13-31-20(16(19)3)5-4-17-6-8-28(9-7-17)12-21(24)25/h10,13,17,21H,4-9,11-12H2,1-3H3,(H,26,29)(H,27,30). The van der Waals surface area contributed by atoms with Crippen molar-refractivity contribution in [1.82, 2.24) is 15.2 Å². The van der Waals surface area contributed by atoms with Gasteiger partial charge in [0.2, 0.25) is 0 Å². The zero-order chi connectivity index (χ0) is 22.5. The van der Waals surface area contributed by atoms with Gasteiger partial charge in [0.1, 0.15) is 0 Å². The second-order valence-corrected chi connectivity index (χ2v) is 9.46. The first-order valence-electron chi connectivity index (χ1n) is 10.8. The molecule has 0 radical (unpaired) electrons. The summed E-state index contributed by atoms with van der Waals surface area (Å²) < 4.78 is 25.0. The molecule has 2 aromatic rings. The summed E-state index contributed by atoms with van der Waals surface area (Å²) in [6.07, 6.45) is 1.57. The minimum Gasteiger partial charge on any atom is -0.348 e. The second-order valence-electron chi connectivity index (χ2n) is 8.50. The average Bonchev–Trinajstić information content (AvgIpc) is 3.06. The first-order valence-corrected chi connectivity index (χ1v) is 11.7. The van der Waals surface area contributed by atoms with Crippen molar-refractivity contribution in [1.29, 1.82) is 0 Å². The monoisotopic (exact) mass is 451 g/mol. The van der Waals surface area contributed by atoms with Gasteiger partial charge in [0.25, 0.3) is 17.9 Å². The summed E-state index contributed by atoms with van der Waals surface area (Å²) in [5.41, 5.74) is 3.73. The number of carbonyl (C=O) groups excluding carboxylic acids is 1. The Labute approximate surface area is 185 Å². The summed E-state index contributed by atoms with van der Waals surface area (Å²) in [4.78, 5) is 30.7. The molecule has 0 atom stereocenters. The number of aryl methyl sites for hydroxylation is 3. The maximum atomic E-state index is 12.7. The van der Waals surface area contributed by atoms with E-state index in [0.717, 1.165) is 55.6 Å². The topological polar surface area (TPSA) is 65.2 Å². The third kappa shape index (κ3) is 6.23. The number of hydrogen-bond acceptors (Lipinski definition) is 4. The van der Waals surface area contributed by atoms with Crippen molar-refractivity contribution >= 4 is 17.2 Å². The number of aromatic nitrogens is 1. The second kappa shape index (κ2) is 10.5. The van der Waals surface area contributed by atoms with Crippen molar-refractivity contribution < 1.29 is 13.6 Å². The highest BCUT2D eigenvalue weighted by molar-refractivity contribution is 7.10. The van der Waals surface area contributed by atoms with Crippen molar-refractivity contribution in [2.75, 3.05) is 19.6 Å². The number of thiophene rings is 1. The zero-order valence-electron chi connectivity index (χ0n) is 18.4. The van der Waals surface area contributed by atoms with E-state index in [2.05, 4.69) is 10.3 Å². The summed E-state index contributed by atoms with van der Waals surface area (Å²) >= 11 is 1.59. The molecule has 3 rings (SSSR count). The van der Waals surface area contributed by atoms with E-state index in [1.165, 1.54) is 4.88 Å². The number of rotatable bonds is 8. The van der Waals surface area contributed by atoms with Crippen LogP contribution in [0.1, 0.15) is 56.9 Å². The Morgan fingerprint density at radius 1 is 1.29 bits per heavy atom. The van der Waals surface area contributed by atoms with E-state index in [9.17, 15) is 18.4 Å². The van der Waals surface area contributed by atoms with E-state index in [-0.39, 0.29) is 24.6 Å². The number of pyridine rings is 1. The van der Waals surface area contributed by atoms with Crippen LogP contribution < -0.4 is 10.9 Å². The van der Waals surface area contributed by atoms with E-state index in [1.807, 2.05) is 37.1 Å². The predicted molar refractivity (Wildman–Crippen MR) is 120 cm³/mol. The highest BCUT2D eigenvalue weighted by Gasteiger charge is 2.22. The lowest BCUT2D eigenvalue weighted by Crippen LogP contribution is -2.36. The summed E-state index contributed by atoms with van der Waals surface area (Å²) in [6, 6.07) is 1.90. The quantitative estimate of drug-likeness (QED) is 0.632. The van der Waals surface area contributed by atoms with Crippen molar-refractivity contribution in [2.24, 2.45) is 5.92 Å². The summed E-state index contributed by atoms with van der Waals surface area (Å²) in [6.45, 7) is 7.23. The zero-order valence-corrected chi connectivity index (χ0v) is 19.2. The maximum absolute atomic E-state index is 12.7. The SMILES string of the molecule is Cc1cc(C)c(CNC(=O)c2csc(CCC3CCN(CC(F)F)CC3)c2C)c(=O)[nH]1. The fourth-order valence-electron chi connectivity index (χ4n) is 4.28. The predicted octanol–water partition coefficient (Wildman–Crippen LogP) is 4.20. The first kappa shape index (κ1) is 23.6. The molecule has 0 saturated carbocycles. The van der Waals surface area contributed by atoms with Crippen LogP contribution in [-0.2, 0) is 13.0 Å². The summed E-state index contributed by atoms with van der Waals surface area (Å²) in [7, 11) is 0. The van der Waals surface area contributed by atoms with Gasteiger partial charge in [0, 0.05) is 28.1 Å². The molecule has 0 unspecified atom stereocenters. The van der Waals surface area contributed by atoms with E-state index >= 15 is 0 Å². The van der Waals surface area contributed by atoms with E-state index in [0.29, 0.717) is 17.0 Å². The third-order valence-corrected chi connectivity index (χ3v) is 7.34. The average molecular weight is 452 g/mol. The van der Waals surface area contributed by atoms with Gasteiger partial charge in [-0.25, -0.2) is 8.78 Å². The minimum absolute atomic E-state index is 0.122. The molecule has 2 aromatic heterocycles. The number of piperidine rings is 1. The molecule has 3 heterocycles. The van der Waals surface area contributed by atoms with Gasteiger partial charge in [0.15, 0.2) is 0 Å². The van der Waals surface area contributed by atoms with Gasteiger partial charge in [-0.15, -0.1) is 11.3 Å². The van der Waals surface area contributed by atoms with Crippen LogP contribution in [0.3, 0.4) is 0 Å². The van der Waals surface area contributed by atoms with Crippen LogP contribution in [-0.4, -0.2) is 41.9 Å². The van der Waals surface area contributed by atoms with Gasteiger partial charge in [0.05, 0.1) is 12.1 Å². The van der Waals surface area contributed by atoms with Crippen molar-refractivity contribution in [3.63, 3.8) is 0 Å². The van der Waals surface area contributed by atoms with E-state index in [4.69, 9.17) is 0 Å². The summed E-state index contributed by atoms with van der Waals surface area (Å²) in [5.74, 6) is 0.378. The fraction of sp³-hybridized carbons (Fsp3) is 0.565. The first-order chi connectivity index (χ1) is 14.7. The van der Waals surface area contributed by atoms with Crippen molar-refractivity contribution in [3.05, 3.63) is 54.6 Å². The molecule has 0 bridgehead atoms. The van der Waals surface area contributed by atoms with Gasteiger partial charge >= 0.3 is 0 Å². The van der Waals surface area contributed by atoms with Crippen LogP contribution >= 0.6 is 11.3 Å². The molecule has 1 fully saturated rings. The molecule has 2 N–H and O–H groups in total. The number of hydrogen-bond donors (Lipinski definition) is 2. The Bertz CT molecular complexity index is 962. The van der Waals surface area contributed by atoms with Crippen LogP contribution in [0.25, 0.3) is 0 Å². The van der Waals surface area contributed by atoms with Gasteiger partial charge in [-0.2, -0.15) is 0 Å². The molecule has 1 amide bonds. The Morgan fingerprint density at radius 3 is 2.65 bits per heavy atom. The molecule has 1 aliphatic heterocycles. The Balaban J connectivity index is 1.52. The molecule has 1 saturated heterocycles. The molecule has 0 spiro atoms. The van der Waals surface area contributed by atoms with E-state index < -0.39 is 6.43 Å². The van der Waals surface area contributed by atoms with Crippen molar-refractivity contribution in [2.45, 2.75) is 59.4 Å². The number of aromatic amines is 1. The molecule has 0 aliphatic carbocycles. The summed E-state index contributed by atoms with van der Waals surface area (Å²) in [5, 5.41) is 4.76. The van der Waals surface area contributed by atoms with E-state index in [1.54, 1.807) is 11.3 Å².